The maximum absolute atomic E-state index is 13.2. The van der Waals surface area contributed by atoms with Crippen molar-refractivity contribution in [1.29, 1.82) is 0 Å². The van der Waals surface area contributed by atoms with E-state index in [1.807, 2.05) is 6.07 Å². The van der Waals surface area contributed by atoms with E-state index in [9.17, 15) is 4.39 Å². The molecule has 3 heteroatoms. The van der Waals surface area contributed by atoms with Crippen LogP contribution in [0.2, 0.25) is 5.02 Å². The molecule has 2 aromatic rings. The molecule has 1 aliphatic rings. The maximum atomic E-state index is 13.2. The van der Waals surface area contributed by atoms with Gasteiger partial charge in [-0.15, -0.1) is 0 Å². The topological polar surface area (TPSA) is 26.0 Å². The summed E-state index contributed by atoms with van der Waals surface area (Å²) in [5.41, 5.74) is 11.4. The number of nitrogen functional groups attached to an aromatic ring is 1. The van der Waals surface area contributed by atoms with Gasteiger partial charge >= 0.3 is 0 Å². The van der Waals surface area contributed by atoms with Crippen molar-refractivity contribution in [2.45, 2.75) is 19.3 Å². The largest absolute Gasteiger partial charge is 0.398 e. The quantitative estimate of drug-likeness (QED) is 0.765. The lowest BCUT2D eigenvalue weighted by Gasteiger charge is -2.12. The Bertz CT molecular complexity index is 622. The highest BCUT2D eigenvalue weighted by atomic mass is 35.5. The van der Waals surface area contributed by atoms with Gasteiger partial charge in [0, 0.05) is 11.3 Å². The first-order valence-corrected chi connectivity index (χ1v) is 6.40. The van der Waals surface area contributed by atoms with Crippen LogP contribution in [0.5, 0.6) is 0 Å². The van der Waals surface area contributed by atoms with Crippen LogP contribution >= 0.6 is 11.6 Å². The van der Waals surface area contributed by atoms with Gasteiger partial charge in [0.05, 0.1) is 5.02 Å². The van der Waals surface area contributed by atoms with Crippen molar-refractivity contribution in [3.8, 4) is 11.1 Å². The zero-order valence-corrected chi connectivity index (χ0v) is 10.6. The van der Waals surface area contributed by atoms with E-state index in [1.165, 1.54) is 17.2 Å². The van der Waals surface area contributed by atoms with Crippen molar-refractivity contribution in [2.24, 2.45) is 0 Å². The highest BCUT2D eigenvalue weighted by molar-refractivity contribution is 6.31. The molecule has 3 rings (SSSR count). The number of hydrogen-bond acceptors (Lipinski definition) is 1. The second kappa shape index (κ2) is 4.29. The Balaban J connectivity index is 2.22. The van der Waals surface area contributed by atoms with Crippen LogP contribution in [0, 0.1) is 5.82 Å². The molecule has 0 aliphatic heterocycles. The maximum Gasteiger partial charge on any atom is 0.141 e. The van der Waals surface area contributed by atoms with Crippen LogP contribution in [-0.2, 0) is 12.8 Å². The molecule has 0 atom stereocenters. The fraction of sp³-hybridized carbons (Fsp3) is 0.200. The average molecular weight is 262 g/mol. The molecular formula is C15H13ClFN. The third-order valence-electron chi connectivity index (χ3n) is 3.52. The summed E-state index contributed by atoms with van der Waals surface area (Å²) in [6.45, 7) is 0. The van der Waals surface area contributed by atoms with E-state index in [1.54, 1.807) is 12.1 Å². The second-order valence-corrected chi connectivity index (χ2v) is 5.06. The van der Waals surface area contributed by atoms with Gasteiger partial charge in [0.2, 0.25) is 0 Å². The van der Waals surface area contributed by atoms with Gasteiger partial charge in [0.15, 0.2) is 0 Å². The zero-order valence-electron chi connectivity index (χ0n) is 9.84. The third kappa shape index (κ3) is 1.77. The first kappa shape index (κ1) is 11.5. The molecule has 0 bridgehead atoms. The highest BCUT2D eigenvalue weighted by Gasteiger charge is 2.18. The van der Waals surface area contributed by atoms with Crippen molar-refractivity contribution in [3.05, 3.63) is 52.3 Å². The molecule has 0 spiro atoms. The molecular weight excluding hydrogens is 249 g/mol. The van der Waals surface area contributed by atoms with Gasteiger partial charge < -0.3 is 5.73 Å². The molecule has 0 amide bonds. The molecule has 92 valence electrons. The number of nitrogens with two attached hydrogens (primary N) is 1. The van der Waals surface area contributed by atoms with Crippen molar-refractivity contribution in [3.63, 3.8) is 0 Å². The summed E-state index contributed by atoms with van der Waals surface area (Å²) in [6.07, 6.45) is 3.28. The molecule has 0 aromatic heterocycles. The number of anilines is 1. The lowest BCUT2D eigenvalue weighted by atomic mass is 9.95. The van der Waals surface area contributed by atoms with Crippen LogP contribution in [-0.4, -0.2) is 0 Å². The van der Waals surface area contributed by atoms with Crippen LogP contribution in [0.1, 0.15) is 17.5 Å². The fourth-order valence-corrected chi connectivity index (χ4v) is 2.86. The van der Waals surface area contributed by atoms with Crippen LogP contribution in [0.25, 0.3) is 11.1 Å². The Labute approximate surface area is 110 Å². The molecule has 18 heavy (non-hydrogen) atoms. The van der Waals surface area contributed by atoms with Crippen molar-refractivity contribution >= 4 is 17.3 Å². The minimum atomic E-state index is -0.397. The van der Waals surface area contributed by atoms with E-state index in [0.29, 0.717) is 0 Å². The lowest BCUT2D eigenvalue weighted by Crippen LogP contribution is -1.96. The molecule has 1 aliphatic carbocycles. The molecule has 0 fully saturated rings. The first-order chi connectivity index (χ1) is 8.66. The predicted octanol–water partition coefficient (Wildman–Crippen LogP) is 4.22. The minimum absolute atomic E-state index is 0.141. The molecule has 1 nitrogen and oxygen atoms in total. The van der Waals surface area contributed by atoms with E-state index in [2.05, 4.69) is 6.07 Å². The summed E-state index contributed by atoms with van der Waals surface area (Å²) >= 11 is 5.85. The molecule has 0 heterocycles. The summed E-state index contributed by atoms with van der Waals surface area (Å²) in [7, 11) is 0. The van der Waals surface area contributed by atoms with Crippen LogP contribution < -0.4 is 5.73 Å². The Morgan fingerprint density at radius 2 is 1.94 bits per heavy atom. The minimum Gasteiger partial charge on any atom is -0.398 e. The molecule has 0 unspecified atom stereocenters. The number of halogens is 2. The number of rotatable bonds is 1. The van der Waals surface area contributed by atoms with E-state index >= 15 is 0 Å². The summed E-state index contributed by atoms with van der Waals surface area (Å²) in [5.74, 6) is -0.397. The smallest absolute Gasteiger partial charge is 0.141 e. The SMILES string of the molecule is Nc1ccc2c(c1-c1ccc(F)c(Cl)c1)CCC2. The second-order valence-electron chi connectivity index (χ2n) is 4.65. The zero-order chi connectivity index (χ0) is 12.7. The molecule has 0 saturated heterocycles. The van der Waals surface area contributed by atoms with Gasteiger partial charge in [-0.2, -0.15) is 0 Å². The van der Waals surface area contributed by atoms with E-state index in [-0.39, 0.29) is 5.02 Å². The molecule has 2 aromatic carbocycles. The summed E-state index contributed by atoms with van der Waals surface area (Å²) in [4.78, 5) is 0. The van der Waals surface area contributed by atoms with Gasteiger partial charge in [-0.05, 0) is 54.2 Å². The van der Waals surface area contributed by atoms with E-state index < -0.39 is 5.82 Å². The number of hydrogen-bond donors (Lipinski definition) is 1. The van der Waals surface area contributed by atoms with Gasteiger partial charge in [-0.25, -0.2) is 4.39 Å². The van der Waals surface area contributed by atoms with E-state index in [4.69, 9.17) is 17.3 Å². The normalized spacial score (nSPS) is 13.7. The summed E-state index contributed by atoms with van der Waals surface area (Å²) in [5, 5.41) is 0.141. The fourth-order valence-electron chi connectivity index (χ4n) is 2.68. The first-order valence-electron chi connectivity index (χ1n) is 6.02. The van der Waals surface area contributed by atoms with Gasteiger partial charge in [0.1, 0.15) is 5.82 Å². The van der Waals surface area contributed by atoms with Crippen LogP contribution in [0.15, 0.2) is 30.3 Å². The van der Waals surface area contributed by atoms with Crippen molar-refractivity contribution < 1.29 is 4.39 Å². The number of aryl methyl sites for hydroxylation is 1. The number of benzene rings is 2. The molecule has 2 N–H and O–H groups in total. The van der Waals surface area contributed by atoms with Crippen LogP contribution in [0.3, 0.4) is 0 Å². The molecule has 0 radical (unpaired) electrons. The van der Waals surface area contributed by atoms with Gasteiger partial charge in [0.25, 0.3) is 0 Å². The van der Waals surface area contributed by atoms with Crippen molar-refractivity contribution in [2.75, 3.05) is 5.73 Å². The highest BCUT2D eigenvalue weighted by Crippen LogP contribution is 2.37. The van der Waals surface area contributed by atoms with Crippen LogP contribution in [0.4, 0.5) is 10.1 Å². The van der Waals surface area contributed by atoms with Crippen molar-refractivity contribution in [1.82, 2.24) is 0 Å². The lowest BCUT2D eigenvalue weighted by molar-refractivity contribution is 0.628. The number of fused-ring (bicyclic) bond motifs is 1. The predicted molar refractivity (Wildman–Crippen MR) is 73.3 cm³/mol. The Morgan fingerprint density at radius 3 is 2.72 bits per heavy atom. The Hall–Kier alpha value is -1.54. The van der Waals surface area contributed by atoms with Gasteiger partial charge in [-0.3, -0.25) is 0 Å². The average Bonchev–Trinajstić information content (AvgIpc) is 2.81. The van der Waals surface area contributed by atoms with E-state index in [0.717, 1.165) is 36.1 Å². The van der Waals surface area contributed by atoms with Gasteiger partial charge in [-0.1, -0.05) is 23.7 Å². The monoisotopic (exact) mass is 261 g/mol. The summed E-state index contributed by atoms with van der Waals surface area (Å²) < 4.78 is 13.2. The standard InChI is InChI=1S/C15H13ClFN/c16-12-8-10(4-6-13(12)17)15-11-3-1-2-9(11)5-7-14(15)18/h4-8H,1-3,18H2. The Kier molecular flexibility index (Phi) is 2.75. The molecule has 0 saturated carbocycles. The third-order valence-corrected chi connectivity index (χ3v) is 3.81. The Morgan fingerprint density at radius 1 is 1.11 bits per heavy atom. The summed E-state index contributed by atoms with van der Waals surface area (Å²) in [6, 6.07) is 8.81.